The normalized spacial score (nSPS) is 13.6. The third-order valence-corrected chi connectivity index (χ3v) is 7.15. The van der Waals surface area contributed by atoms with Crippen LogP contribution in [0.4, 0.5) is 5.82 Å². The van der Waals surface area contributed by atoms with Gasteiger partial charge in [-0.2, -0.15) is 0 Å². The van der Waals surface area contributed by atoms with Crippen molar-refractivity contribution in [2.24, 2.45) is 5.92 Å². The van der Waals surface area contributed by atoms with Crippen molar-refractivity contribution in [3.8, 4) is 22.8 Å². The van der Waals surface area contributed by atoms with Crippen LogP contribution in [-0.2, 0) is 16.0 Å². The lowest BCUT2D eigenvalue weighted by Crippen LogP contribution is -2.46. The molecule has 1 saturated heterocycles. The van der Waals surface area contributed by atoms with Crippen LogP contribution in [0.25, 0.3) is 11.3 Å². The fourth-order valence-electron chi connectivity index (χ4n) is 4.84. The topological polar surface area (TPSA) is 88.1 Å². The molecule has 1 fully saturated rings. The second-order valence-electron chi connectivity index (χ2n) is 10.2. The molecule has 1 aliphatic rings. The molecule has 3 aromatic rings. The maximum atomic E-state index is 13.3. The summed E-state index contributed by atoms with van der Waals surface area (Å²) in [4.78, 5) is 31.9. The highest BCUT2D eigenvalue weighted by atomic mass is 16.5. The Balaban J connectivity index is 1.36. The van der Waals surface area contributed by atoms with Crippen molar-refractivity contribution in [3.05, 3.63) is 66.2 Å². The third-order valence-electron chi connectivity index (χ3n) is 7.15. The molecule has 2 amide bonds. The fourth-order valence-corrected chi connectivity index (χ4v) is 4.84. The van der Waals surface area contributed by atoms with Gasteiger partial charge in [-0.05, 0) is 48.7 Å². The Hall–Kier alpha value is -4.14. The summed E-state index contributed by atoms with van der Waals surface area (Å²) >= 11 is 0. The van der Waals surface area contributed by atoms with E-state index >= 15 is 0 Å². The predicted octanol–water partition coefficient (Wildman–Crippen LogP) is 3.93. The molecule has 212 valence electrons. The van der Waals surface area contributed by atoms with Crippen LogP contribution < -0.4 is 14.4 Å². The number of aromatic nitrogens is 2. The van der Waals surface area contributed by atoms with Gasteiger partial charge in [-0.3, -0.25) is 9.59 Å². The third kappa shape index (κ3) is 7.28. The van der Waals surface area contributed by atoms with Crippen molar-refractivity contribution in [2.75, 3.05) is 58.4 Å². The molecule has 0 saturated carbocycles. The maximum Gasteiger partial charge on any atom is 0.242 e. The van der Waals surface area contributed by atoms with Gasteiger partial charge in [0.2, 0.25) is 11.8 Å². The van der Waals surface area contributed by atoms with Crippen LogP contribution in [-0.4, -0.2) is 85.3 Å². The lowest BCUT2D eigenvalue weighted by Gasteiger charge is -2.28. The minimum Gasteiger partial charge on any atom is -0.493 e. The lowest BCUT2D eigenvalue weighted by atomic mass is 10.1. The fraction of sp³-hybridized carbons (Fsp3) is 0.419. The predicted molar refractivity (Wildman–Crippen MR) is 156 cm³/mol. The van der Waals surface area contributed by atoms with E-state index in [1.165, 1.54) is 0 Å². The molecule has 2 heterocycles. The van der Waals surface area contributed by atoms with E-state index in [4.69, 9.17) is 9.47 Å². The SMILES string of the molecule is COc1ccc(-c2ccc(N3CCCN(C(=O)CN(CCc4ccccc4)C(=O)C(C)C)CC3)nn2)cc1OC. The van der Waals surface area contributed by atoms with Gasteiger partial charge in [0, 0.05) is 44.2 Å². The summed E-state index contributed by atoms with van der Waals surface area (Å²) in [5, 5.41) is 8.93. The van der Waals surface area contributed by atoms with Gasteiger partial charge in [0.05, 0.1) is 26.5 Å². The van der Waals surface area contributed by atoms with Crippen molar-refractivity contribution in [1.29, 1.82) is 0 Å². The molecular weight excluding hydrogens is 506 g/mol. The molecule has 9 heteroatoms. The van der Waals surface area contributed by atoms with E-state index in [0.717, 1.165) is 42.0 Å². The molecule has 4 rings (SSSR count). The van der Waals surface area contributed by atoms with Crippen LogP contribution in [0.1, 0.15) is 25.8 Å². The molecule has 2 aromatic carbocycles. The van der Waals surface area contributed by atoms with Crippen molar-refractivity contribution in [1.82, 2.24) is 20.0 Å². The molecule has 0 unspecified atom stereocenters. The molecule has 0 radical (unpaired) electrons. The molecule has 9 nitrogen and oxygen atoms in total. The Labute approximate surface area is 236 Å². The van der Waals surface area contributed by atoms with Gasteiger partial charge in [-0.15, -0.1) is 10.2 Å². The Bertz CT molecular complexity index is 1270. The number of hydrogen-bond acceptors (Lipinski definition) is 7. The molecule has 0 N–H and O–H groups in total. The number of hydrogen-bond donors (Lipinski definition) is 0. The number of anilines is 1. The van der Waals surface area contributed by atoms with Crippen molar-refractivity contribution in [2.45, 2.75) is 26.7 Å². The first kappa shape index (κ1) is 28.9. The summed E-state index contributed by atoms with van der Waals surface area (Å²) in [6.45, 7) is 7.02. The van der Waals surface area contributed by atoms with E-state index in [9.17, 15) is 9.59 Å². The Kier molecular flexibility index (Phi) is 9.94. The van der Waals surface area contributed by atoms with Crippen LogP contribution in [0.3, 0.4) is 0 Å². The Morgan fingerprint density at radius 2 is 1.68 bits per heavy atom. The van der Waals surface area contributed by atoms with Gasteiger partial charge in [0.25, 0.3) is 0 Å². The van der Waals surface area contributed by atoms with Crippen LogP contribution in [0.15, 0.2) is 60.7 Å². The standard InChI is InChI=1S/C31H39N5O4/c1-23(2)31(38)36(18-15-24-9-6-5-7-10-24)22-30(37)35-17-8-16-34(19-20-35)29-14-12-26(32-33-29)25-11-13-27(39-3)28(21-25)40-4/h5-7,9-14,21,23H,8,15-20,22H2,1-4H3. The molecule has 0 bridgehead atoms. The molecule has 0 aliphatic carbocycles. The number of carbonyl (C=O) groups excluding carboxylic acids is 2. The maximum absolute atomic E-state index is 13.3. The molecule has 0 spiro atoms. The van der Waals surface area contributed by atoms with Gasteiger partial charge < -0.3 is 24.2 Å². The number of carbonyl (C=O) groups is 2. The average Bonchev–Trinajstić information content (AvgIpc) is 3.25. The first-order chi connectivity index (χ1) is 19.4. The van der Waals surface area contributed by atoms with Crippen molar-refractivity contribution in [3.63, 3.8) is 0 Å². The molecule has 1 aliphatic heterocycles. The average molecular weight is 546 g/mol. The molecule has 40 heavy (non-hydrogen) atoms. The summed E-state index contributed by atoms with van der Waals surface area (Å²) in [7, 11) is 3.21. The highest BCUT2D eigenvalue weighted by molar-refractivity contribution is 5.85. The zero-order chi connectivity index (χ0) is 28.5. The number of nitrogens with zero attached hydrogens (tertiary/aromatic N) is 5. The van der Waals surface area contributed by atoms with Crippen LogP contribution in [0.5, 0.6) is 11.5 Å². The van der Waals surface area contributed by atoms with Crippen LogP contribution in [0, 0.1) is 5.92 Å². The zero-order valence-corrected chi connectivity index (χ0v) is 23.9. The van der Waals surface area contributed by atoms with E-state index in [1.54, 1.807) is 19.1 Å². The molecule has 0 atom stereocenters. The van der Waals surface area contributed by atoms with Gasteiger partial charge >= 0.3 is 0 Å². The van der Waals surface area contributed by atoms with Gasteiger partial charge in [-0.1, -0.05) is 44.2 Å². The summed E-state index contributed by atoms with van der Waals surface area (Å²) in [6, 6.07) is 19.6. The summed E-state index contributed by atoms with van der Waals surface area (Å²) in [5.74, 6) is 1.90. The van der Waals surface area contributed by atoms with Gasteiger partial charge in [0.15, 0.2) is 17.3 Å². The summed E-state index contributed by atoms with van der Waals surface area (Å²) in [6.07, 6.45) is 1.53. The van der Waals surface area contributed by atoms with E-state index in [0.29, 0.717) is 37.7 Å². The minimum atomic E-state index is -0.163. The number of methoxy groups -OCH3 is 2. The van der Waals surface area contributed by atoms with E-state index < -0.39 is 0 Å². The van der Waals surface area contributed by atoms with E-state index in [-0.39, 0.29) is 24.3 Å². The van der Waals surface area contributed by atoms with Crippen molar-refractivity contribution >= 4 is 17.6 Å². The van der Waals surface area contributed by atoms with E-state index in [1.807, 2.05) is 79.4 Å². The number of ether oxygens (including phenoxy) is 2. The Morgan fingerprint density at radius 1 is 0.900 bits per heavy atom. The smallest absolute Gasteiger partial charge is 0.242 e. The first-order valence-electron chi connectivity index (χ1n) is 13.8. The lowest BCUT2D eigenvalue weighted by molar-refractivity contribution is -0.142. The second kappa shape index (κ2) is 13.8. The van der Waals surface area contributed by atoms with Crippen LogP contribution >= 0.6 is 0 Å². The van der Waals surface area contributed by atoms with E-state index in [2.05, 4.69) is 15.1 Å². The molecule has 1 aromatic heterocycles. The van der Waals surface area contributed by atoms with Crippen LogP contribution in [0.2, 0.25) is 0 Å². The Morgan fingerprint density at radius 3 is 2.35 bits per heavy atom. The first-order valence-corrected chi connectivity index (χ1v) is 13.8. The quantitative estimate of drug-likeness (QED) is 0.382. The second-order valence-corrected chi connectivity index (χ2v) is 10.2. The zero-order valence-electron chi connectivity index (χ0n) is 23.9. The monoisotopic (exact) mass is 545 g/mol. The minimum absolute atomic E-state index is 0.00516. The highest BCUT2D eigenvalue weighted by Gasteiger charge is 2.25. The highest BCUT2D eigenvalue weighted by Crippen LogP contribution is 2.31. The molecular formula is C31H39N5O4. The van der Waals surface area contributed by atoms with Gasteiger partial charge in [0.1, 0.15) is 0 Å². The number of amides is 2. The number of rotatable bonds is 10. The van der Waals surface area contributed by atoms with Crippen molar-refractivity contribution < 1.29 is 19.1 Å². The largest absolute Gasteiger partial charge is 0.493 e. The summed E-state index contributed by atoms with van der Waals surface area (Å²) < 4.78 is 10.7. The summed E-state index contributed by atoms with van der Waals surface area (Å²) in [5.41, 5.74) is 2.78. The van der Waals surface area contributed by atoms with Gasteiger partial charge in [-0.25, -0.2) is 0 Å². The number of benzene rings is 2.